The Bertz CT molecular complexity index is 1110. The summed E-state index contributed by atoms with van der Waals surface area (Å²) in [5.74, 6) is 0.819. The number of likely N-dealkylation sites (tertiary alicyclic amines) is 1. The molecule has 28 heavy (non-hydrogen) atoms. The highest BCUT2D eigenvalue weighted by atomic mass is 16.3. The van der Waals surface area contributed by atoms with Gasteiger partial charge in [0.25, 0.3) is 0 Å². The van der Waals surface area contributed by atoms with E-state index in [1.807, 2.05) is 30.6 Å². The Labute approximate surface area is 163 Å². The largest absolute Gasteiger partial charge is 0.456 e. The number of rotatable bonds is 3. The maximum Gasteiger partial charge on any atom is 0.137 e. The molecule has 5 nitrogen and oxygen atoms in total. The fourth-order valence-electron chi connectivity index (χ4n) is 4.13. The van der Waals surface area contributed by atoms with Gasteiger partial charge in [0.05, 0.1) is 0 Å². The van der Waals surface area contributed by atoms with Crippen LogP contribution in [0.3, 0.4) is 0 Å². The lowest BCUT2D eigenvalue weighted by Gasteiger charge is -2.30. The summed E-state index contributed by atoms with van der Waals surface area (Å²) in [7, 11) is 0. The number of anilines is 1. The van der Waals surface area contributed by atoms with Gasteiger partial charge in [-0.2, -0.15) is 0 Å². The summed E-state index contributed by atoms with van der Waals surface area (Å²) in [4.78, 5) is 6.86. The van der Waals surface area contributed by atoms with E-state index in [1.54, 1.807) is 0 Å². The zero-order chi connectivity index (χ0) is 19.1. The first kappa shape index (κ1) is 17.2. The van der Waals surface area contributed by atoms with Crippen LogP contribution in [0.1, 0.15) is 18.4 Å². The van der Waals surface area contributed by atoms with Crippen LogP contribution < -0.4 is 11.5 Å². The summed E-state index contributed by atoms with van der Waals surface area (Å²) in [5.41, 5.74) is 16.3. The van der Waals surface area contributed by atoms with Gasteiger partial charge in [-0.05, 0) is 61.1 Å². The predicted octanol–water partition coefficient (Wildman–Crippen LogP) is 4.15. The molecule has 0 unspecified atom stereocenters. The number of nitrogens with two attached hydrogens (primary N) is 2. The molecule has 142 valence electrons. The highest BCUT2D eigenvalue weighted by Crippen LogP contribution is 2.35. The molecule has 1 aliphatic rings. The molecule has 0 spiro atoms. The number of aromatic nitrogens is 1. The molecule has 0 atom stereocenters. The van der Waals surface area contributed by atoms with Gasteiger partial charge in [-0.1, -0.05) is 18.2 Å². The number of benzene rings is 2. The average molecular weight is 372 g/mol. The number of hydrogen-bond donors (Lipinski definition) is 2. The smallest absolute Gasteiger partial charge is 0.137 e. The topological polar surface area (TPSA) is 81.3 Å². The number of hydrogen-bond acceptors (Lipinski definition) is 5. The van der Waals surface area contributed by atoms with Crippen molar-refractivity contribution in [3.05, 3.63) is 60.4 Å². The molecule has 5 rings (SSSR count). The van der Waals surface area contributed by atoms with Gasteiger partial charge in [-0.3, -0.25) is 9.88 Å². The zero-order valence-electron chi connectivity index (χ0n) is 15.8. The summed E-state index contributed by atoms with van der Waals surface area (Å²) >= 11 is 0. The molecule has 1 saturated heterocycles. The van der Waals surface area contributed by atoms with Crippen LogP contribution >= 0.6 is 0 Å². The van der Waals surface area contributed by atoms with Gasteiger partial charge >= 0.3 is 0 Å². The maximum atomic E-state index is 6.40. The Balaban J connectivity index is 1.57. The number of piperidine rings is 1. The molecule has 0 radical (unpaired) electrons. The molecule has 1 fully saturated rings. The van der Waals surface area contributed by atoms with Gasteiger partial charge in [0.15, 0.2) is 0 Å². The van der Waals surface area contributed by atoms with E-state index >= 15 is 0 Å². The molecule has 2 aromatic carbocycles. The van der Waals surface area contributed by atoms with E-state index in [9.17, 15) is 0 Å². The Morgan fingerprint density at radius 2 is 1.86 bits per heavy atom. The third kappa shape index (κ3) is 3.13. The molecule has 4 N–H and O–H groups in total. The number of nitrogen functional groups attached to an aromatic ring is 1. The van der Waals surface area contributed by atoms with Crippen LogP contribution in [0.25, 0.3) is 33.1 Å². The number of fused-ring (bicyclic) bond motifs is 2. The second-order valence-corrected chi connectivity index (χ2v) is 7.73. The lowest BCUT2D eigenvalue weighted by atomic mass is 10.00. The zero-order valence-corrected chi connectivity index (χ0v) is 15.8. The number of furan rings is 1. The fraction of sp³-hybridized carbons (Fsp3) is 0.261. The Morgan fingerprint density at radius 1 is 1.04 bits per heavy atom. The molecular formula is C23H24N4O. The standard InChI is InChI=1S/C23H24N4O/c24-17-5-7-27(8-6-17)14-15-9-18-19(21(25)10-15)12-26-13-20(18)23-11-16-3-1-2-4-22(16)28-23/h1-4,9-13,17H,5-8,14,24-25H2. The Kier molecular flexibility index (Phi) is 4.26. The fourth-order valence-corrected chi connectivity index (χ4v) is 4.13. The second kappa shape index (κ2) is 6.93. The highest BCUT2D eigenvalue weighted by Gasteiger charge is 2.17. The van der Waals surface area contributed by atoms with Gasteiger partial charge in [0.2, 0.25) is 0 Å². The van der Waals surface area contributed by atoms with Crippen molar-refractivity contribution in [1.29, 1.82) is 0 Å². The minimum atomic E-state index is 0.337. The first-order valence-corrected chi connectivity index (χ1v) is 9.80. The molecule has 0 amide bonds. The predicted molar refractivity (Wildman–Crippen MR) is 114 cm³/mol. The van der Waals surface area contributed by atoms with E-state index in [4.69, 9.17) is 15.9 Å². The van der Waals surface area contributed by atoms with Gasteiger partial charge in [0.1, 0.15) is 11.3 Å². The molecular weight excluding hydrogens is 348 g/mol. The third-order valence-electron chi connectivity index (χ3n) is 5.70. The van der Waals surface area contributed by atoms with Crippen molar-refractivity contribution in [1.82, 2.24) is 9.88 Å². The number of nitrogens with zero attached hydrogens (tertiary/aromatic N) is 2. The third-order valence-corrected chi connectivity index (χ3v) is 5.70. The van der Waals surface area contributed by atoms with Gasteiger partial charge < -0.3 is 15.9 Å². The van der Waals surface area contributed by atoms with E-state index in [0.29, 0.717) is 6.04 Å². The van der Waals surface area contributed by atoms with Crippen LogP contribution in [-0.4, -0.2) is 29.0 Å². The van der Waals surface area contributed by atoms with Crippen LogP contribution in [0, 0.1) is 0 Å². The minimum absolute atomic E-state index is 0.337. The van der Waals surface area contributed by atoms with E-state index in [-0.39, 0.29) is 0 Å². The first-order valence-electron chi connectivity index (χ1n) is 9.80. The number of pyridine rings is 1. The van der Waals surface area contributed by atoms with Crippen molar-refractivity contribution in [3.8, 4) is 11.3 Å². The van der Waals surface area contributed by atoms with Crippen LogP contribution in [0.15, 0.2) is 59.3 Å². The van der Waals surface area contributed by atoms with Crippen molar-refractivity contribution in [2.45, 2.75) is 25.4 Å². The van der Waals surface area contributed by atoms with Crippen LogP contribution in [0.4, 0.5) is 5.69 Å². The highest BCUT2D eigenvalue weighted by molar-refractivity contribution is 6.02. The molecule has 2 aromatic heterocycles. The monoisotopic (exact) mass is 372 g/mol. The van der Waals surface area contributed by atoms with Crippen molar-refractivity contribution in [2.24, 2.45) is 5.73 Å². The molecule has 0 aliphatic carbocycles. The van der Waals surface area contributed by atoms with Gasteiger partial charge in [-0.15, -0.1) is 0 Å². The first-order chi connectivity index (χ1) is 13.7. The minimum Gasteiger partial charge on any atom is -0.456 e. The molecule has 3 heterocycles. The molecule has 4 aromatic rings. The molecule has 1 aliphatic heterocycles. The summed E-state index contributed by atoms with van der Waals surface area (Å²) in [6.45, 7) is 2.95. The lowest BCUT2D eigenvalue weighted by molar-refractivity contribution is 0.206. The molecule has 0 bridgehead atoms. The molecule has 5 heteroatoms. The van der Waals surface area contributed by atoms with Gasteiger partial charge in [-0.25, -0.2) is 0 Å². The summed E-state index contributed by atoms with van der Waals surface area (Å²) in [5, 5.41) is 3.13. The van der Waals surface area contributed by atoms with Crippen molar-refractivity contribution in [2.75, 3.05) is 18.8 Å². The van der Waals surface area contributed by atoms with E-state index in [1.165, 1.54) is 5.56 Å². The average Bonchev–Trinajstić information content (AvgIpc) is 3.13. The van der Waals surface area contributed by atoms with Crippen LogP contribution in [-0.2, 0) is 6.54 Å². The summed E-state index contributed by atoms with van der Waals surface area (Å²) < 4.78 is 6.10. The van der Waals surface area contributed by atoms with Crippen molar-refractivity contribution >= 4 is 27.4 Å². The lowest BCUT2D eigenvalue weighted by Crippen LogP contribution is -2.39. The van der Waals surface area contributed by atoms with E-state index in [2.05, 4.69) is 34.1 Å². The summed E-state index contributed by atoms with van der Waals surface area (Å²) in [6, 6.07) is 14.7. The Hall–Kier alpha value is -2.89. The second-order valence-electron chi connectivity index (χ2n) is 7.73. The van der Waals surface area contributed by atoms with E-state index < -0.39 is 0 Å². The van der Waals surface area contributed by atoms with Crippen LogP contribution in [0.2, 0.25) is 0 Å². The van der Waals surface area contributed by atoms with Gasteiger partial charge in [0, 0.05) is 47.0 Å². The molecule has 0 saturated carbocycles. The maximum absolute atomic E-state index is 6.40. The normalized spacial score (nSPS) is 16.2. The SMILES string of the molecule is Nc1cc(CN2CCC(N)CC2)cc2c(-c3cc4ccccc4o3)cncc12. The Morgan fingerprint density at radius 3 is 2.68 bits per heavy atom. The number of para-hydroxylation sites is 1. The van der Waals surface area contributed by atoms with Crippen molar-refractivity contribution in [3.63, 3.8) is 0 Å². The quantitative estimate of drug-likeness (QED) is 0.528. The summed E-state index contributed by atoms with van der Waals surface area (Å²) in [6.07, 6.45) is 5.80. The van der Waals surface area contributed by atoms with Crippen LogP contribution in [0.5, 0.6) is 0 Å². The van der Waals surface area contributed by atoms with Crippen molar-refractivity contribution < 1.29 is 4.42 Å². The van der Waals surface area contributed by atoms with E-state index in [0.717, 1.165) is 71.2 Å².